The Morgan fingerprint density at radius 1 is 0.963 bits per heavy atom. The van der Waals surface area contributed by atoms with E-state index >= 15 is 0 Å². The molecule has 1 fully saturated rings. The van der Waals surface area contributed by atoms with Crippen molar-refractivity contribution in [3.63, 3.8) is 0 Å². The second-order valence-corrected chi connectivity index (χ2v) is 8.17. The molecule has 1 aromatic carbocycles. The highest BCUT2D eigenvalue weighted by Gasteiger charge is 2.25. The smallest absolute Gasteiger partial charge is 0.123 e. The van der Waals surface area contributed by atoms with E-state index in [4.69, 9.17) is 4.98 Å². The maximum absolute atomic E-state index is 13.6. The molecule has 146 valence electrons. The van der Waals surface area contributed by atoms with Crippen molar-refractivity contribution in [2.24, 2.45) is 0 Å². The van der Waals surface area contributed by atoms with Gasteiger partial charge in [-0.2, -0.15) is 0 Å². The number of rotatable bonds is 6. The summed E-state index contributed by atoms with van der Waals surface area (Å²) in [6, 6.07) is 6.65. The van der Waals surface area contributed by atoms with Crippen LogP contribution in [-0.4, -0.2) is 28.1 Å². The molecule has 0 bridgehead atoms. The summed E-state index contributed by atoms with van der Waals surface area (Å²) in [6.07, 6.45) is 2.46. The second-order valence-electron chi connectivity index (χ2n) is 8.17. The van der Waals surface area contributed by atoms with Crippen LogP contribution >= 0.6 is 0 Å². The third-order valence-electron chi connectivity index (χ3n) is 5.43. The molecule has 1 aliphatic rings. The third-order valence-corrected chi connectivity index (χ3v) is 5.43. The number of aliphatic hydroxyl groups is 1. The summed E-state index contributed by atoms with van der Waals surface area (Å²) in [4.78, 5) is 7.49. The van der Waals surface area contributed by atoms with Crippen molar-refractivity contribution in [1.82, 2.24) is 9.88 Å². The van der Waals surface area contributed by atoms with Crippen LogP contribution < -0.4 is 0 Å². The number of pyridine rings is 1. The third kappa shape index (κ3) is 4.22. The van der Waals surface area contributed by atoms with Crippen LogP contribution in [0.1, 0.15) is 74.9 Å². The lowest BCUT2D eigenvalue weighted by atomic mass is 9.87. The minimum absolute atomic E-state index is 0.0569. The van der Waals surface area contributed by atoms with Crippen LogP contribution in [0.25, 0.3) is 11.1 Å². The Hall–Kier alpha value is -1.78. The van der Waals surface area contributed by atoms with Crippen LogP contribution in [0.3, 0.4) is 0 Å². The molecular formula is C23H31FN2O. The molecule has 0 atom stereocenters. The summed E-state index contributed by atoms with van der Waals surface area (Å²) >= 11 is 0. The number of benzene rings is 1. The second kappa shape index (κ2) is 8.49. The molecule has 2 heterocycles. The number of aromatic nitrogens is 1. The van der Waals surface area contributed by atoms with Crippen LogP contribution in [0.2, 0.25) is 0 Å². The molecular weight excluding hydrogens is 339 g/mol. The minimum atomic E-state index is -0.243. The monoisotopic (exact) mass is 370 g/mol. The Bertz CT molecular complexity index is 778. The maximum Gasteiger partial charge on any atom is 0.123 e. The molecule has 27 heavy (non-hydrogen) atoms. The summed E-state index contributed by atoms with van der Waals surface area (Å²) < 4.78 is 13.6. The first-order valence-electron chi connectivity index (χ1n) is 10.1. The molecule has 3 nitrogen and oxygen atoms in total. The van der Waals surface area contributed by atoms with Crippen molar-refractivity contribution in [3.05, 3.63) is 52.6 Å². The molecule has 0 saturated carbocycles. The van der Waals surface area contributed by atoms with Gasteiger partial charge in [-0.1, -0.05) is 39.8 Å². The van der Waals surface area contributed by atoms with Gasteiger partial charge >= 0.3 is 0 Å². The Morgan fingerprint density at radius 3 is 2.04 bits per heavy atom. The zero-order valence-corrected chi connectivity index (χ0v) is 16.9. The van der Waals surface area contributed by atoms with Crippen molar-refractivity contribution >= 4 is 0 Å². The molecule has 1 saturated heterocycles. The first-order chi connectivity index (χ1) is 12.9. The van der Waals surface area contributed by atoms with Crippen LogP contribution in [0.15, 0.2) is 24.3 Å². The van der Waals surface area contributed by atoms with Gasteiger partial charge in [-0.05, 0) is 66.6 Å². The van der Waals surface area contributed by atoms with Crippen LogP contribution in [0.5, 0.6) is 0 Å². The molecule has 4 heteroatoms. The number of hydrogen-bond acceptors (Lipinski definition) is 3. The van der Waals surface area contributed by atoms with E-state index in [0.29, 0.717) is 0 Å². The minimum Gasteiger partial charge on any atom is -0.392 e. The first kappa shape index (κ1) is 20.0. The lowest BCUT2D eigenvalue weighted by molar-refractivity contribution is 0.279. The van der Waals surface area contributed by atoms with Crippen molar-refractivity contribution in [3.8, 4) is 11.1 Å². The highest BCUT2D eigenvalue weighted by Crippen LogP contribution is 2.37. The lowest BCUT2D eigenvalue weighted by Crippen LogP contribution is -2.22. The van der Waals surface area contributed by atoms with Gasteiger partial charge in [0.1, 0.15) is 5.82 Å². The summed E-state index contributed by atoms with van der Waals surface area (Å²) in [7, 11) is 0. The average Bonchev–Trinajstić information content (AvgIpc) is 3.14. The first-order valence-corrected chi connectivity index (χ1v) is 10.1. The van der Waals surface area contributed by atoms with Gasteiger partial charge < -0.3 is 5.11 Å². The zero-order chi connectivity index (χ0) is 19.6. The number of likely N-dealkylation sites (tertiary alicyclic amines) is 1. The fourth-order valence-electron chi connectivity index (χ4n) is 4.11. The Balaban J connectivity index is 2.27. The van der Waals surface area contributed by atoms with Gasteiger partial charge in [0.15, 0.2) is 0 Å². The summed E-state index contributed by atoms with van der Waals surface area (Å²) in [5, 5.41) is 10.3. The van der Waals surface area contributed by atoms with E-state index in [0.717, 1.165) is 47.7 Å². The van der Waals surface area contributed by atoms with E-state index in [2.05, 4.69) is 32.6 Å². The molecule has 3 rings (SSSR count). The Kier molecular flexibility index (Phi) is 6.28. The predicted octanol–water partition coefficient (Wildman–Crippen LogP) is 5.22. The lowest BCUT2D eigenvalue weighted by Gasteiger charge is -2.26. The highest BCUT2D eigenvalue weighted by molar-refractivity contribution is 5.73. The van der Waals surface area contributed by atoms with Crippen LogP contribution in [0, 0.1) is 5.82 Å². The van der Waals surface area contributed by atoms with Crippen molar-refractivity contribution in [2.75, 3.05) is 13.1 Å². The van der Waals surface area contributed by atoms with E-state index in [9.17, 15) is 9.50 Å². The SMILES string of the molecule is CC(C)c1nc(C(C)C)c(CN2CCCC2)c(-c2ccc(F)cc2)c1CO. The fraction of sp³-hybridized carbons (Fsp3) is 0.522. The quantitative estimate of drug-likeness (QED) is 0.757. The molecule has 1 aromatic heterocycles. The summed E-state index contributed by atoms with van der Waals surface area (Å²) in [5.41, 5.74) is 6.13. The number of aliphatic hydroxyl groups excluding tert-OH is 1. The molecule has 0 spiro atoms. The molecule has 0 radical (unpaired) electrons. The van der Waals surface area contributed by atoms with Gasteiger partial charge in [-0.3, -0.25) is 9.88 Å². The van der Waals surface area contributed by atoms with Gasteiger partial charge in [0, 0.05) is 23.5 Å². The fourth-order valence-corrected chi connectivity index (χ4v) is 4.11. The van der Waals surface area contributed by atoms with E-state index in [1.165, 1.54) is 30.5 Å². The highest BCUT2D eigenvalue weighted by atomic mass is 19.1. The average molecular weight is 371 g/mol. The normalized spacial score (nSPS) is 15.3. The standard InChI is InChI=1S/C23H31FN2O/c1-15(2)22-19(13-26-11-5-6-12-26)21(17-7-9-18(24)10-8-17)20(14-27)23(25-22)16(3)4/h7-10,15-16,27H,5-6,11-14H2,1-4H3. The molecule has 0 unspecified atom stereocenters. The molecule has 2 aromatic rings. The Labute approximate surface area is 162 Å². The molecule has 0 amide bonds. The van der Waals surface area contributed by atoms with E-state index in [-0.39, 0.29) is 24.3 Å². The zero-order valence-electron chi connectivity index (χ0n) is 16.9. The molecule has 1 N–H and O–H groups in total. The number of nitrogens with zero attached hydrogens (tertiary/aromatic N) is 2. The maximum atomic E-state index is 13.6. The summed E-state index contributed by atoms with van der Waals surface area (Å²) in [6.45, 7) is 11.5. The number of halogens is 1. The van der Waals surface area contributed by atoms with Crippen molar-refractivity contribution in [1.29, 1.82) is 0 Å². The van der Waals surface area contributed by atoms with E-state index in [1.54, 1.807) is 0 Å². The van der Waals surface area contributed by atoms with Gasteiger partial charge in [-0.15, -0.1) is 0 Å². The van der Waals surface area contributed by atoms with Crippen LogP contribution in [0.4, 0.5) is 4.39 Å². The molecule has 0 aliphatic carbocycles. The van der Waals surface area contributed by atoms with Gasteiger partial charge in [-0.25, -0.2) is 4.39 Å². The Morgan fingerprint density at radius 2 is 1.52 bits per heavy atom. The van der Waals surface area contributed by atoms with Gasteiger partial charge in [0.25, 0.3) is 0 Å². The van der Waals surface area contributed by atoms with Gasteiger partial charge in [0.05, 0.1) is 6.61 Å². The van der Waals surface area contributed by atoms with Crippen LogP contribution in [-0.2, 0) is 13.2 Å². The largest absolute Gasteiger partial charge is 0.392 e. The predicted molar refractivity (Wildman–Crippen MR) is 108 cm³/mol. The number of hydrogen-bond donors (Lipinski definition) is 1. The van der Waals surface area contributed by atoms with Crippen molar-refractivity contribution < 1.29 is 9.50 Å². The summed E-state index contributed by atoms with van der Waals surface area (Å²) in [5.74, 6) is 0.254. The van der Waals surface area contributed by atoms with Crippen molar-refractivity contribution in [2.45, 2.75) is 65.5 Å². The van der Waals surface area contributed by atoms with Gasteiger partial charge in [0.2, 0.25) is 0 Å². The van der Waals surface area contributed by atoms with E-state index < -0.39 is 0 Å². The molecule has 1 aliphatic heterocycles. The van der Waals surface area contributed by atoms with E-state index in [1.807, 2.05) is 12.1 Å². The topological polar surface area (TPSA) is 36.4 Å².